The Labute approximate surface area is 225 Å². The lowest BCUT2D eigenvalue weighted by Gasteiger charge is -2.30. The van der Waals surface area contributed by atoms with Crippen LogP contribution in [0.2, 0.25) is 0 Å². The molecule has 10 nitrogen and oxygen atoms in total. The first-order chi connectivity index (χ1) is 18.7. The Morgan fingerprint density at radius 3 is 2.62 bits per heavy atom. The van der Waals surface area contributed by atoms with Crippen LogP contribution < -0.4 is 15.8 Å². The third kappa shape index (κ3) is 6.26. The number of amides is 1. The number of carboxylic acid groups (broad SMARTS) is 2. The second-order valence-electron chi connectivity index (χ2n) is 9.66. The van der Waals surface area contributed by atoms with E-state index in [9.17, 15) is 24.3 Å². The number of aliphatic carboxylic acids is 2. The Kier molecular flexibility index (Phi) is 8.30. The van der Waals surface area contributed by atoms with Gasteiger partial charge in [-0.05, 0) is 80.1 Å². The van der Waals surface area contributed by atoms with E-state index in [2.05, 4.69) is 26.1 Å². The summed E-state index contributed by atoms with van der Waals surface area (Å²) in [5, 5.41) is 21.3. The lowest BCUT2D eigenvalue weighted by atomic mass is 10.0. The van der Waals surface area contributed by atoms with Crippen molar-refractivity contribution < 1.29 is 24.6 Å². The van der Waals surface area contributed by atoms with Crippen LogP contribution >= 0.6 is 0 Å². The second-order valence-corrected chi connectivity index (χ2v) is 9.66. The number of H-pyrrole nitrogens is 1. The zero-order valence-electron chi connectivity index (χ0n) is 21.6. The number of fused-ring (bicyclic) bond motifs is 2. The molecule has 4 rings (SSSR count). The molecule has 0 fully saturated rings. The summed E-state index contributed by atoms with van der Waals surface area (Å²) in [6, 6.07) is 9.45. The van der Waals surface area contributed by atoms with Crippen molar-refractivity contribution in [2.24, 2.45) is 0 Å². The summed E-state index contributed by atoms with van der Waals surface area (Å²) in [7, 11) is 0. The van der Waals surface area contributed by atoms with Gasteiger partial charge >= 0.3 is 11.9 Å². The first-order valence-corrected chi connectivity index (χ1v) is 12.8. The quantitative estimate of drug-likeness (QED) is 0.218. The van der Waals surface area contributed by atoms with Gasteiger partial charge in [0.25, 0.3) is 11.5 Å². The number of carbonyl (C=O) groups excluding carboxylic acids is 1. The van der Waals surface area contributed by atoms with Gasteiger partial charge in [-0.3, -0.25) is 14.4 Å². The third-order valence-electron chi connectivity index (χ3n) is 6.97. The average Bonchev–Trinajstić information content (AvgIpc) is 3.30. The SMILES string of the molecule is C#CCN(c1ccc(C(=O)N[C@@H](CCCCC(=O)O)C(=O)O)cc1)C1CCc2cc3nc(C)[nH]c(=O)c3cc21. The maximum atomic E-state index is 12.8. The van der Waals surface area contributed by atoms with Crippen molar-refractivity contribution in [2.75, 3.05) is 11.4 Å². The van der Waals surface area contributed by atoms with Crippen LogP contribution in [0.5, 0.6) is 0 Å². The number of aromatic amines is 1. The number of hydrogen-bond donors (Lipinski definition) is 4. The number of aromatic nitrogens is 2. The van der Waals surface area contributed by atoms with Gasteiger partial charge in [-0.15, -0.1) is 6.42 Å². The number of aryl methyl sites for hydroxylation is 2. The van der Waals surface area contributed by atoms with Crippen LogP contribution in [-0.2, 0) is 16.0 Å². The minimum atomic E-state index is -1.17. The molecule has 2 atom stereocenters. The van der Waals surface area contributed by atoms with Gasteiger partial charge in [0.15, 0.2) is 0 Å². The molecule has 0 bridgehead atoms. The van der Waals surface area contributed by atoms with Crippen LogP contribution in [-0.4, -0.2) is 50.6 Å². The highest BCUT2D eigenvalue weighted by molar-refractivity contribution is 5.96. The summed E-state index contributed by atoms with van der Waals surface area (Å²) >= 11 is 0. The lowest BCUT2D eigenvalue weighted by Crippen LogP contribution is -2.40. The number of nitrogens with one attached hydrogen (secondary N) is 2. The molecule has 1 aromatic heterocycles. The zero-order chi connectivity index (χ0) is 28.1. The number of carbonyl (C=O) groups is 3. The molecule has 0 radical (unpaired) electrons. The number of hydrogen-bond acceptors (Lipinski definition) is 6. The molecule has 0 saturated heterocycles. The van der Waals surface area contributed by atoms with E-state index >= 15 is 0 Å². The summed E-state index contributed by atoms with van der Waals surface area (Å²) in [6.07, 6.45) is 8.10. The number of unbranched alkanes of at least 4 members (excludes halogenated alkanes) is 1. The molecule has 202 valence electrons. The Morgan fingerprint density at radius 1 is 1.21 bits per heavy atom. The minimum absolute atomic E-state index is 0.0509. The predicted octanol–water partition coefficient (Wildman–Crippen LogP) is 3.19. The largest absolute Gasteiger partial charge is 0.481 e. The summed E-state index contributed by atoms with van der Waals surface area (Å²) < 4.78 is 0. The first-order valence-electron chi connectivity index (χ1n) is 12.8. The van der Waals surface area contributed by atoms with E-state index in [0.29, 0.717) is 41.7 Å². The monoisotopic (exact) mass is 530 g/mol. The molecule has 10 heteroatoms. The van der Waals surface area contributed by atoms with E-state index in [-0.39, 0.29) is 24.4 Å². The van der Waals surface area contributed by atoms with E-state index < -0.39 is 23.9 Å². The van der Waals surface area contributed by atoms with Crippen molar-refractivity contribution in [3.05, 3.63) is 69.3 Å². The molecule has 1 amide bonds. The molecule has 1 aliphatic rings. The highest BCUT2D eigenvalue weighted by Crippen LogP contribution is 2.39. The Morgan fingerprint density at radius 2 is 1.95 bits per heavy atom. The molecule has 0 aliphatic heterocycles. The standard InChI is InChI=1S/C29H30N4O6/c1-3-14-33(25-13-10-19-15-24-22(16-21(19)25)28(37)31-17(2)30-24)20-11-8-18(9-12-20)27(36)32-23(29(38)39)6-4-5-7-26(34)35/h1,8-9,11-12,15-16,23,25H,4-7,10,13-14H2,2H3,(H,32,36)(H,34,35)(H,38,39)(H,30,31,37)/t23-,25?/m0/s1. The molecule has 1 heterocycles. The van der Waals surface area contributed by atoms with E-state index in [1.807, 2.05) is 12.1 Å². The number of carboxylic acids is 2. The molecule has 2 aromatic carbocycles. The second kappa shape index (κ2) is 11.8. The molecule has 1 unspecified atom stereocenters. The van der Waals surface area contributed by atoms with E-state index in [1.165, 1.54) is 0 Å². The fraction of sp³-hybridized carbons (Fsp3) is 0.345. The molecule has 0 saturated carbocycles. The number of rotatable bonds is 11. The van der Waals surface area contributed by atoms with Gasteiger partial charge < -0.3 is 25.4 Å². The van der Waals surface area contributed by atoms with Crippen LogP contribution in [0.1, 0.15) is 65.5 Å². The maximum Gasteiger partial charge on any atom is 0.326 e. The Balaban J connectivity index is 1.51. The molecule has 3 aromatic rings. The topological polar surface area (TPSA) is 153 Å². The van der Waals surface area contributed by atoms with Crippen LogP contribution in [0.4, 0.5) is 5.69 Å². The van der Waals surface area contributed by atoms with Crippen molar-refractivity contribution in [1.82, 2.24) is 15.3 Å². The molecule has 1 aliphatic carbocycles. The van der Waals surface area contributed by atoms with Gasteiger partial charge in [0.2, 0.25) is 0 Å². The average molecular weight is 531 g/mol. The van der Waals surface area contributed by atoms with Crippen LogP contribution in [0.25, 0.3) is 10.9 Å². The zero-order valence-corrected chi connectivity index (χ0v) is 21.6. The normalized spacial score (nSPS) is 14.8. The van der Waals surface area contributed by atoms with Crippen LogP contribution in [0, 0.1) is 19.3 Å². The van der Waals surface area contributed by atoms with Crippen LogP contribution in [0.15, 0.2) is 41.2 Å². The summed E-state index contributed by atoms with van der Waals surface area (Å²) in [4.78, 5) is 56.8. The fourth-order valence-electron chi connectivity index (χ4n) is 5.07. The smallest absolute Gasteiger partial charge is 0.326 e. The van der Waals surface area contributed by atoms with Gasteiger partial charge in [-0.25, -0.2) is 9.78 Å². The Bertz CT molecular complexity index is 1510. The Hall–Kier alpha value is -4.65. The van der Waals surface area contributed by atoms with Crippen molar-refractivity contribution in [3.63, 3.8) is 0 Å². The van der Waals surface area contributed by atoms with Crippen molar-refractivity contribution in [3.8, 4) is 12.3 Å². The first kappa shape index (κ1) is 27.4. The van der Waals surface area contributed by atoms with Crippen molar-refractivity contribution in [2.45, 2.75) is 57.5 Å². The van der Waals surface area contributed by atoms with Gasteiger partial charge in [-0.1, -0.05) is 12.3 Å². The molecular weight excluding hydrogens is 500 g/mol. The maximum absolute atomic E-state index is 12.8. The summed E-state index contributed by atoms with van der Waals surface area (Å²) in [6.45, 7) is 2.06. The van der Waals surface area contributed by atoms with Crippen molar-refractivity contribution >= 4 is 34.4 Å². The number of nitrogens with zero attached hydrogens (tertiary/aromatic N) is 2. The summed E-state index contributed by atoms with van der Waals surface area (Å²) in [5.74, 6) is 0.614. The molecule has 39 heavy (non-hydrogen) atoms. The highest BCUT2D eigenvalue weighted by Gasteiger charge is 2.29. The fourth-order valence-corrected chi connectivity index (χ4v) is 5.07. The molecule has 4 N–H and O–H groups in total. The van der Waals surface area contributed by atoms with Gasteiger partial charge in [-0.2, -0.15) is 0 Å². The van der Waals surface area contributed by atoms with Gasteiger partial charge in [0.1, 0.15) is 11.9 Å². The minimum Gasteiger partial charge on any atom is -0.481 e. The van der Waals surface area contributed by atoms with E-state index in [0.717, 1.165) is 29.7 Å². The predicted molar refractivity (Wildman–Crippen MR) is 146 cm³/mol. The number of benzene rings is 2. The lowest BCUT2D eigenvalue weighted by molar-refractivity contribution is -0.139. The molecular formula is C29H30N4O6. The van der Waals surface area contributed by atoms with Gasteiger partial charge in [0.05, 0.1) is 23.5 Å². The van der Waals surface area contributed by atoms with Crippen molar-refractivity contribution in [1.29, 1.82) is 0 Å². The number of anilines is 1. The third-order valence-corrected chi connectivity index (χ3v) is 6.97. The number of terminal acetylenes is 1. The summed E-state index contributed by atoms with van der Waals surface area (Å²) in [5.41, 5.74) is 3.69. The van der Waals surface area contributed by atoms with E-state index in [4.69, 9.17) is 11.5 Å². The van der Waals surface area contributed by atoms with Gasteiger partial charge in [0, 0.05) is 17.7 Å². The molecule has 0 spiro atoms. The van der Waals surface area contributed by atoms with E-state index in [1.54, 1.807) is 31.2 Å². The highest BCUT2D eigenvalue weighted by atomic mass is 16.4. The van der Waals surface area contributed by atoms with Crippen LogP contribution in [0.3, 0.4) is 0 Å².